The lowest BCUT2D eigenvalue weighted by molar-refractivity contribution is 0.596. The summed E-state index contributed by atoms with van der Waals surface area (Å²) in [6, 6.07) is 2.99. The van der Waals surface area contributed by atoms with Crippen LogP contribution >= 0.6 is 11.3 Å². The zero-order chi connectivity index (χ0) is 13.1. The van der Waals surface area contributed by atoms with Gasteiger partial charge in [0.05, 0.1) is 6.04 Å². The number of rotatable bonds is 4. The molecule has 0 amide bonds. The third-order valence-corrected chi connectivity index (χ3v) is 5.71. The van der Waals surface area contributed by atoms with E-state index in [1.54, 1.807) is 20.9 Å². The standard InChI is InChI=1S/C17H25NS/c1-2-18-17(13-8-5-3-4-6-9-13)16-12-14-10-7-11-15(14)19-16/h8,12,17-18H,2-7,9-11H2,1H3. The van der Waals surface area contributed by atoms with Gasteiger partial charge in [0.25, 0.3) is 0 Å². The SMILES string of the molecule is CCNC(C1=CCCCCC1)c1cc2c(s1)CCC2. The average molecular weight is 275 g/mol. The summed E-state index contributed by atoms with van der Waals surface area (Å²) in [5.74, 6) is 0. The van der Waals surface area contributed by atoms with E-state index in [9.17, 15) is 0 Å². The van der Waals surface area contributed by atoms with E-state index in [1.807, 2.05) is 0 Å². The number of allylic oxidation sites excluding steroid dienone is 1. The summed E-state index contributed by atoms with van der Waals surface area (Å²) in [6.45, 7) is 3.29. The van der Waals surface area contributed by atoms with Gasteiger partial charge in [0.15, 0.2) is 0 Å². The average Bonchev–Trinajstić information content (AvgIpc) is 2.88. The molecule has 0 aliphatic heterocycles. The van der Waals surface area contributed by atoms with E-state index in [2.05, 4.69) is 35.7 Å². The lowest BCUT2D eigenvalue weighted by Gasteiger charge is -2.20. The predicted octanol–water partition coefficient (Wildman–Crippen LogP) is 4.78. The highest BCUT2D eigenvalue weighted by molar-refractivity contribution is 7.12. The van der Waals surface area contributed by atoms with Crippen molar-refractivity contribution in [2.24, 2.45) is 0 Å². The highest BCUT2D eigenvalue weighted by Gasteiger charge is 2.22. The Bertz CT molecular complexity index is 436. The van der Waals surface area contributed by atoms with Crippen molar-refractivity contribution in [1.82, 2.24) is 5.32 Å². The zero-order valence-corrected chi connectivity index (χ0v) is 12.8. The van der Waals surface area contributed by atoms with E-state index in [-0.39, 0.29) is 0 Å². The molecular weight excluding hydrogens is 250 g/mol. The second-order valence-electron chi connectivity index (χ2n) is 5.82. The van der Waals surface area contributed by atoms with E-state index < -0.39 is 0 Å². The number of likely N-dealkylation sites (N-methyl/N-ethyl adjacent to an activating group) is 1. The maximum atomic E-state index is 3.73. The molecule has 19 heavy (non-hydrogen) atoms. The van der Waals surface area contributed by atoms with E-state index in [0.29, 0.717) is 6.04 Å². The first kappa shape index (κ1) is 13.4. The van der Waals surface area contributed by atoms with Crippen LogP contribution < -0.4 is 5.32 Å². The summed E-state index contributed by atoms with van der Waals surface area (Å²) in [5.41, 5.74) is 3.29. The minimum absolute atomic E-state index is 0.499. The van der Waals surface area contributed by atoms with Crippen molar-refractivity contribution in [3.63, 3.8) is 0 Å². The lowest BCUT2D eigenvalue weighted by atomic mass is 10.00. The van der Waals surface area contributed by atoms with Crippen molar-refractivity contribution < 1.29 is 0 Å². The molecule has 104 valence electrons. The fraction of sp³-hybridized carbons (Fsp3) is 0.647. The molecule has 2 heteroatoms. The molecule has 2 aliphatic carbocycles. The van der Waals surface area contributed by atoms with Crippen molar-refractivity contribution in [3.8, 4) is 0 Å². The predicted molar refractivity (Wildman–Crippen MR) is 83.9 cm³/mol. The largest absolute Gasteiger partial charge is 0.306 e. The molecule has 3 rings (SSSR count). The third-order valence-electron chi connectivity index (χ3n) is 4.41. The van der Waals surface area contributed by atoms with Gasteiger partial charge in [-0.05, 0) is 63.1 Å². The minimum atomic E-state index is 0.499. The second kappa shape index (κ2) is 6.23. The van der Waals surface area contributed by atoms with Gasteiger partial charge in [0.2, 0.25) is 0 Å². The van der Waals surface area contributed by atoms with Crippen molar-refractivity contribution in [1.29, 1.82) is 0 Å². The van der Waals surface area contributed by atoms with Crippen LogP contribution in [0.15, 0.2) is 17.7 Å². The topological polar surface area (TPSA) is 12.0 Å². The zero-order valence-electron chi connectivity index (χ0n) is 12.0. The summed E-state index contributed by atoms with van der Waals surface area (Å²) < 4.78 is 0. The van der Waals surface area contributed by atoms with Crippen LogP contribution in [0, 0.1) is 0 Å². The molecule has 0 radical (unpaired) electrons. The van der Waals surface area contributed by atoms with Gasteiger partial charge in [-0.15, -0.1) is 11.3 Å². The van der Waals surface area contributed by atoms with Crippen LogP contribution in [0.2, 0.25) is 0 Å². The van der Waals surface area contributed by atoms with Gasteiger partial charge in [-0.1, -0.05) is 25.0 Å². The molecule has 1 nitrogen and oxygen atoms in total. The van der Waals surface area contributed by atoms with Crippen molar-refractivity contribution in [2.75, 3.05) is 6.54 Å². The molecule has 1 heterocycles. The fourth-order valence-electron chi connectivity index (χ4n) is 3.41. The van der Waals surface area contributed by atoms with Crippen molar-refractivity contribution in [3.05, 3.63) is 33.0 Å². The monoisotopic (exact) mass is 275 g/mol. The smallest absolute Gasteiger partial charge is 0.0630 e. The molecular formula is C17H25NS. The Balaban J connectivity index is 1.84. The second-order valence-corrected chi connectivity index (χ2v) is 6.99. The van der Waals surface area contributed by atoms with Crippen LogP contribution in [0.25, 0.3) is 0 Å². The van der Waals surface area contributed by atoms with Gasteiger partial charge < -0.3 is 5.32 Å². The van der Waals surface area contributed by atoms with Crippen LogP contribution in [-0.2, 0) is 12.8 Å². The Kier molecular flexibility index (Phi) is 4.39. The summed E-state index contributed by atoms with van der Waals surface area (Å²) in [5, 5.41) is 3.73. The van der Waals surface area contributed by atoms with Crippen LogP contribution in [-0.4, -0.2) is 6.54 Å². The Labute approximate surface area is 121 Å². The fourth-order valence-corrected chi connectivity index (χ4v) is 4.79. The number of hydrogen-bond donors (Lipinski definition) is 1. The van der Waals surface area contributed by atoms with Gasteiger partial charge in [-0.25, -0.2) is 0 Å². The van der Waals surface area contributed by atoms with Gasteiger partial charge in [0, 0.05) is 9.75 Å². The van der Waals surface area contributed by atoms with Crippen LogP contribution in [0.4, 0.5) is 0 Å². The first-order valence-electron chi connectivity index (χ1n) is 7.92. The molecule has 0 bridgehead atoms. The molecule has 1 aromatic heterocycles. The first-order chi connectivity index (χ1) is 9.38. The molecule has 0 spiro atoms. The Morgan fingerprint density at radius 1 is 1.16 bits per heavy atom. The third kappa shape index (κ3) is 2.95. The van der Waals surface area contributed by atoms with Gasteiger partial charge >= 0.3 is 0 Å². The van der Waals surface area contributed by atoms with Crippen molar-refractivity contribution >= 4 is 11.3 Å². The highest BCUT2D eigenvalue weighted by atomic mass is 32.1. The summed E-state index contributed by atoms with van der Waals surface area (Å²) in [6.07, 6.45) is 13.2. The van der Waals surface area contributed by atoms with E-state index in [0.717, 1.165) is 6.54 Å². The van der Waals surface area contributed by atoms with Gasteiger partial charge in [0.1, 0.15) is 0 Å². The molecule has 1 aromatic rings. The van der Waals surface area contributed by atoms with E-state index in [4.69, 9.17) is 0 Å². The Morgan fingerprint density at radius 2 is 2.11 bits per heavy atom. The number of hydrogen-bond acceptors (Lipinski definition) is 2. The molecule has 1 N–H and O–H groups in total. The molecule has 1 atom stereocenters. The van der Waals surface area contributed by atoms with Crippen LogP contribution in [0.1, 0.15) is 66.8 Å². The summed E-state index contributed by atoms with van der Waals surface area (Å²) in [4.78, 5) is 3.23. The molecule has 0 fully saturated rings. The molecule has 0 saturated heterocycles. The van der Waals surface area contributed by atoms with Crippen molar-refractivity contribution in [2.45, 2.75) is 64.3 Å². The van der Waals surface area contributed by atoms with Gasteiger partial charge in [-0.3, -0.25) is 0 Å². The molecule has 0 saturated carbocycles. The normalized spacial score (nSPS) is 20.8. The first-order valence-corrected chi connectivity index (χ1v) is 8.74. The van der Waals surface area contributed by atoms with E-state index >= 15 is 0 Å². The lowest BCUT2D eigenvalue weighted by Crippen LogP contribution is -2.22. The number of aryl methyl sites for hydroxylation is 2. The Hall–Kier alpha value is -0.600. The summed E-state index contributed by atoms with van der Waals surface area (Å²) >= 11 is 2.07. The molecule has 1 unspecified atom stereocenters. The number of nitrogens with one attached hydrogen (secondary N) is 1. The maximum absolute atomic E-state index is 3.73. The quantitative estimate of drug-likeness (QED) is 0.780. The molecule has 2 aliphatic rings. The van der Waals surface area contributed by atoms with E-state index in [1.165, 1.54) is 51.4 Å². The minimum Gasteiger partial charge on any atom is -0.306 e. The highest BCUT2D eigenvalue weighted by Crippen LogP contribution is 2.38. The van der Waals surface area contributed by atoms with Crippen LogP contribution in [0.3, 0.4) is 0 Å². The van der Waals surface area contributed by atoms with Crippen LogP contribution in [0.5, 0.6) is 0 Å². The maximum Gasteiger partial charge on any atom is 0.0630 e. The Morgan fingerprint density at radius 3 is 2.95 bits per heavy atom. The van der Waals surface area contributed by atoms with Gasteiger partial charge in [-0.2, -0.15) is 0 Å². The molecule has 0 aromatic carbocycles. The summed E-state index contributed by atoms with van der Waals surface area (Å²) in [7, 11) is 0. The number of fused-ring (bicyclic) bond motifs is 1. The number of thiophene rings is 1.